The Bertz CT molecular complexity index is 1550. The average Bonchev–Trinajstić information content (AvgIpc) is 3.45. The Morgan fingerprint density at radius 1 is 0.974 bits per heavy atom. The second-order valence-corrected chi connectivity index (χ2v) is 8.85. The van der Waals surface area contributed by atoms with Crippen molar-refractivity contribution in [1.29, 1.82) is 0 Å². The molecule has 192 valence electrons. The molecule has 0 spiro atoms. The Hall–Kier alpha value is -4.69. The number of ether oxygens (including phenoxy) is 3. The number of hydrogen-bond acceptors (Lipinski definition) is 7. The van der Waals surface area contributed by atoms with Crippen LogP contribution in [0.5, 0.6) is 23.0 Å². The number of fused-ring (bicyclic) bond motifs is 1. The van der Waals surface area contributed by atoms with E-state index in [2.05, 4.69) is 9.97 Å². The van der Waals surface area contributed by atoms with Crippen LogP contribution in [0, 0.1) is 6.92 Å². The van der Waals surface area contributed by atoms with Crippen LogP contribution in [0.2, 0.25) is 0 Å². The molecule has 0 saturated heterocycles. The van der Waals surface area contributed by atoms with Crippen LogP contribution >= 0.6 is 0 Å². The van der Waals surface area contributed by atoms with Crippen LogP contribution < -0.4 is 14.2 Å². The number of hydrogen-bond donors (Lipinski definition) is 1. The first-order valence-electron chi connectivity index (χ1n) is 12.1. The first-order chi connectivity index (χ1) is 18.5. The summed E-state index contributed by atoms with van der Waals surface area (Å²) < 4.78 is 19.5. The maximum Gasteiger partial charge on any atom is 0.196 e. The fourth-order valence-electron chi connectivity index (χ4n) is 4.14. The minimum atomic E-state index is -0.741. The SMILES string of the molecule is COc1cc2c(Oc3ccc(C)cc3C(=O)c3ccccc3)ccnc2cc1OCC(O)Cn1ccnc1. The lowest BCUT2D eigenvalue weighted by Gasteiger charge is -2.17. The van der Waals surface area contributed by atoms with E-state index in [0.29, 0.717) is 51.6 Å². The van der Waals surface area contributed by atoms with Gasteiger partial charge in [0.05, 0.1) is 31.1 Å². The average molecular weight is 510 g/mol. The van der Waals surface area contributed by atoms with Crippen molar-refractivity contribution in [2.75, 3.05) is 13.7 Å². The van der Waals surface area contributed by atoms with Gasteiger partial charge in [0.25, 0.3) is 0 Å². The van der Waals surface area contributed by atoms with Crippen molar-refractivity contribution in [3.63, 3.8) is 0 Å². The number of aliphatic hydroxyl groups is 1. The number of aromatic nitrogens is 3. The quantitative estimate of drug-likeness (QED) is 0.258. The second kappa shape index (κ2) is 11.1. The summed E-state index contributed by atoms with van der Waals surface area (Å²) in [5.41, 5.74) is 2.63. The summed E-state index contributed by atoms with van der Waals surface area (Å²) in [6.07, 6.45) is 5.96. The molecule has 5 aromatic rings. The normalized spacial score (nSPS) is 11.8. The predicted molar refractivity (Wildman–Crippen MR) is 143 cm³/mol. The van der Waals surface area contributed by atoms with E-state index < -0.39 is 6.10 Å². The Labute approximate surface area is 220 Å². The van der Waals surface area contributed by atoms with Gasteiger partial charge in [-0.1, -0.05) is 42.0 Å². The maximum absolute atomic E-state index is 13.3. The zero-order chi connectivity index (χ0) is 26.5. The third-order valence-corrected chi connectivity index (χ3v) is 6.03. The van der Waals surface area contributed by atoms with Crippen molar-refractivity contribution < 1.29 is 24.1 Å². The number of aryl methyl sites for hydroxylation is 1. The third-order valence-electron chi connectivity index (χ3n) is 6.03. The van der Waals surface area contributed by atoms with Gasteiger partial charge in [-0.3, -0.25) is 9.78 Å². The van der Waals surface area contributed by atoms with Crippen molar-refractivity contribution in [2.24, 2.45) is 0 Å². The largest absolute Gasteiger partial charge is 0.493 e. The maximum atomic E-state index is 13.3. The van der Waals surface area contributed by atoms with Crippen molar-refractivity contribution in [2.45, 2.75) is 19.6 Å². The van der Waals surface area contributed by atoms with E-state index in [4.69, 9.17) is 14.2 Å². The molecule has 0 radical (unpaired) electrons. The van der Waals surface area contributed by atoms with Crippen LogP contribution in [-0.2, 0) is 6.54 Å². The van der Waals surface area contributed by atoms with Gasteiger partial charge >= 0.3 is 0 Å². The molecule has 0 fully saturated rings. The van der Waals surface area contributed by atoms with Gasteiger partial charge in [0.2, 0.25) is 0 Å². The predicted octanol–water partition coefficient (Wildman–Crippen LogP) is 5.21. The number of pyridine rings is 1. The summed E-state index contributed by atoms with van der Waals surface area (Å²) in [7, 11) is 1.55. The molecule has 0 saturated carbocycles. The summed E-state index contributed by atoms with van der Waals surface area (Å²) in [4.78, 5) is 21.7. The topological polar surface area (TPSA) is 95.7 Å². The van der Waals surface area contributed by atoms with Gasteiger partial charge in [-0.2, -0.15) is 0 Å². The van der Waals surface area contributed by atoms with E-state index in [1.807, 2.05) is 37.3 Å². The lowest BCUT2D eigenvalue weighted by Crippen LogP contribution is -2.23. The smallest absolute Gasteiger partial charge is 0.196 e. The van der Waals surface area contributed by atoms with E-state index in [9.17, 15) is 9.90 Å². The van der Waals surface area contributed by atoms with Gasteiger partial charge < -0.3 is 23.9 Å². The fourth-order valence-corrected chi connectivity index (χ4v) is 4.14. The van der Waals surface area contributed by atoms with Crippen LogP contribution in [0.1, 0.15) is 21.5 Å². The second-order valence-electron chi connectivity index (χ2n) is 8.85. The zero-order valence-electron chi connectivity index (χ0n) is 21.1. The molecule has 0 aliphatic heterocycles. The number of rotatable bonds is 10. The number of carbonyl (C=O) groups excluding carboxylic acids is 1. The van der Waals surface area contributed by atoms with E-state index in [0.717, 1.165) is 5.56 Å². The summed E-state index contributed by atoms with van der Waals surface area (Å²) in [5, 5.41) is 11.1. The molecule has 38 heavy (non-hydrogen) atoms. The van der Waals surface area contributed by atoms with Gasteiger partial charge in [-0.15, -0.1) is 0 Å². The minimum Gasteiger partial charge on any atom is -0.493 e. The monoisotopic (exact) mass is 509 g/mol. The van der Waals surface area contributed by atoms with Crippen LogP contribution in [-0.4, -0.2) is 45.2 Å². The molecule has 0 aliphatic rings. The Morgan fingerprint density at radius 3 is 2.58 bits per heavy atom. The van der Waals surface area contributed by atoms with Gasteiger partial charge in [-0.05, 0) is 31.2 Å². The number of methoxy groups -OCH3 is 1. The number of ketones is 1. The van der Waals surface area contributed by atoms with Crippen molar-refractivity contribution in [3.8, 4) is 23.0 Å². The Balaban J connectivity index is 1.43. The van der Waals surface area contributed by atoms with Crippen LogP contribution in [0.15, 0.2) is 91.6 Å². The highest BCUT2D eigenvalue weighted by Gasteiger charge is 2.18. The summed E-state index contributed by atoms with van der Waals surface area (Å²) in [6, 6.07) is 19.9. The van der Waals surface area contributed by atoms with Gasteiger partial charge in [0.15, 0.2) is 17.3 Å². The van der Waals surface area contributed by atoms with Crippen molar-refractivity contribution in [3.05, 3.63) is 108 Å². The van der Waals surface area contributed by atoms with Gasteiger partial charge in [-0.25, -0.2) is 4.98 Å². The molecule has 0 aliphatic carbocycles. The molecular weight excluding hydrogens is 482 g/mol. The highest BCUT2D eigenvalue weighted by molar-refractivity contribution is 6.11. The fraction of sp³-hybridized carbons (Fsp3) is 0.167. The number of imidazole rings is 1. The Kier molecular flexibility index (Phi) is 7.33. The van der Waals surface area contributed by atoms with Crippen LogP contribution in [0.25, 0.3) is 10.9 Å². The van der Waals surface area contributed by atoms with Gasteiger partial charge in [0.1, 0.15) is 24.2 Å². The number of nitrogens with zero attached hydrogens (tertiary/aromatic N) is 3. The lowest BCUT2D eigenvalue weighted by atomic mass is 10.0. The molecule has 8 heteroatoms. The van der Waals surface area contributed by atoms with E-state index in [1.54, 1.807) is 73.0 Å². The molecule has 2 aromatic heterocycles. The summed E-state index contributed by atoms with van der Waals surface area (Å²) >= 11 is 0. The van der Waals surface area contributed by atoms with Crippen LogP contribution in [0.4, 0.5) is 0 Å². The highest BCUT2D eigenvalue weighted by atomic mass is 16.5. The third kappa shape index (κ3) is 5.50. The van der Waals surface area contributed by atoms with E-state index in [1.165, 1.54) is 0 Å². The number of aliphatic hydroxyl groups excluding tert-OH is 1. The van der Waals surface area contributed by atoms with Gasteiger partial charge in [0, 0.05) is 35.6 Å². The molecule has 0 bridgehead atoms. The van der Waals surface area contributed by atoms with Crippen molar-refractivity contribution in [1.82, 2.24) is 14.5 Å². The molecule has 1 atom stereocenters. The number of benzene rings is 3. The first-order valence-corrected chi connectivity index (χ1v) is 12.1. The zero-order valence-corrected chi connectivity index (χ0v) is 21.1. The molecule has 8 nitrogen and oxygen atoms in total. The highest BCUT2D eigenvalue weighted by Crippen LogP contribution is 2.38. The summed E-state index contributed by atoms with van der Waals surface area (Å²) in [6.45, 7) is 2.35. The molecule has 0 amide bonds. The molecular formula is C30H27N3O5. The van der Waals surface area contributed by atoms with E-state index in [-0.39, 0.29) is 12.4 Å². The first kappa shape index (κ1) is 25.0. The molecule has 2 heterocycles. The summed E-state index contributed by atoms with van der Waals surface area (Å²) in [5.74, 6) is 1.76. The van der Waals surface area contributed by atoms with Crippen LogP contribution in [0.3, 0.4) is 0 Å². The number of carbonyl (C=O) groups is 1. The molecule has 1 unspecified atom stereocenters. The Morgan fingerprint density at radius 2 is 1.82 bits per heavy atom. The lowest BCUT2D eigenvalue weighted by molar-refractivity contribution is 0.0910. The molecule has 3 aromatic carbocycles. The van der Waals surface area contributed by atoms with Crippen molar-refractivity contribution >= 4 is 16.7 Å². The minimum absolute atomic E-state index is 0.0601. The molecule has 5 rings (SSSR count). The molecule has 1 N–H and O–H groups in total. The van der Waals surface area contributed by atoms with E-state index >= 15 is 0 Å². The standard InChI is InChI=1S/C30H27N3O5/c1-20-8-9-26(24(14-20)30(35)21-6-4-3-5-7-21)38-27-10-11-32-25-16-29(28(36-2)15-23(25)27)37-18-22(34)17-33-13-12-31-19-33/h3-16,19,22,34H,17-18H2,1-2H3.